The summed E-state index contributed by atoms with van der Waals surface area (Å²) < 4.78 is 5.94. The van der Waals surface area contributed by atoms with E-state index in [0.717, 1.165) is 0 Å². The Balaban J connectivity index is 1.85. The van der Waals surface area contributed by atoms with Crippen LogP contribution in [-0.2, 0) is 17.6 Å². The van der Waals surface area contributed by atoms with E-state index in [1.165, 1.54) is 36.0 Å². The van der Waals surface area contributed by atoms with Crippen molar-refractivity contribution in [1.82, 2.24) is 0 Å². The van der Waals surface area contributed by atoms with Crippen LogP contribution in [0.3, 0.4) is 0 Å². The molecular weight excluding hydrogens is 234 g/mol. The molecule has 0 bridgehead atoms. The van der Waals surface area contributed by atoms with Crippen LogP contribution < -0.4 is 5.73 Å². The number of nitrogens with two attached hydrogens (primary N) is 1. The number of hydrogen-bond acceptors (Lipinski definition) is 2. The first-order valence-corrected chi connectivity index (χ1v) is 7.60. The molecule has 1 fully saturated rings. The summed E-state index contributed by atoms with van der Waals surface area (Å²) in [6.45, 7) is 6.60. The summed E-state index contributed by atoms with van der Waals surface area (Å²) in [4.78, 5) is 0. The zero-order chi connectivity index (χ0) is 13.6. The van der Waals surface area contributed by atoms with Crippen molar-refractivity contribution in [3.8, 4) is 0 Å². The fourth-order valence-corrected chi connectivity index (χ4v) is 3.93. The number of benzene rings is 1. The second-order valence-corrected chi connectivity index (χ2v) is 6.39. The molecule has 1 aromatic rings. The normalized spacial score (nSPS) is 35.4. The van der Waals surface area contributed by atoms with E-state index in [9.17, 15) is 0 Å². The highest BCUT2D eigenvalue weighted by atomic mass is 16.5. The van der Waals surface area contributed by atoms with E-state index in [4.69, 9.17) is 10.5 Å². The highest BCUT2D eigenvalue weighted by Crippen LogP contribution is 2.40. The van der Waals surface area contributed by atoms with Crippen molar-refractivity contribution in [3.05, 3.63) is 34.9 Å². The van der Waals surface area contributed by atoms with Gasteiger partial charge in [-0.05, 0) is 55.7 Å². The maximum atomic E-state index is 6.56. The van der Waals surface area contributed by atoms with Gasteiger partial charge in [0.15, 0.2) is 0 Å². The summed E-state index contributed by atoms with van der Waals surface area (Å²) >= 11 is 0. The third-order valence-electron chi connectivity index (χ3n) is 5.24. The average molecular weight is 259 g/mol. The summed E-state index contributed by atoms with van der Waals surface area (Å²) in [7, 11) is 0. The molecule has 19 heavy (non-hydrogen) atoms. The van der Waals surface area contributed by atoms with Gasteiger partial charge in [-0.15, -0.1) is 0 Å². The Morgan fingerprint density at radius 3 is 2.53 bits per heavy atom. The smallest absolute Gasteiger partial charge is 0.0600 e. The van der Waals surface area contributed by atoms with Gasteiger partial charge in [0.05, 0.1) is 12.2 Å². The fourth-order valence-electron chi connectivity index (χ4n) is 3.93. The lowest BCUT2D eigenvalue weighted by atomic mass is 9.80. The summed E-state index contributed by atoms with van der Waals surface area (Å²) in [5, 5.41) is 0. The van der Waals surface area contributed by atoms with Crippen LogP contribution in [0, 0.1) is 11.8 Å². The van der Waals surface area contributed by atoms with Crippen LogP contribution in [0.2, 0.25) is 0 Å². The molecule has 1 aliphatic carbocycles. The van der Waals surface area contributed by atoms with Crippen molar-refractivity contribution in [2.45, 2.75) is 58.3 Å². The van der Waals surface area contributed by atoms with Crippen LogP contribution in [0.5, 0.6) is 0 Å². The lowest BCUT2D eigenvalue weighted by Crippen LogP contribution is -2.30. The zero-order valence-corrected chi connectivity index (χ0v) is 12.2. The van der Waals surface area contributed by atoms with Gasteiger partial charge >= 0.3 is 0 Å². The van der Waals surface area contributed by atoms with Gasteiger partial charge in [-0.2, -0.15) is 0 Å². The maximum Gasteiger partial charge on any atom is 0.0600 e. The van der Waals surface area contributed by atoms with Gasteiger partial charge in [-0.1, -0.05) is 25.1 Å². The van der Waals surface area contributed by atoms with Crippen LogP contribution in [0.25, 0.3) is 0 Å². The SMILES string of the molecule is CC1OC(C)C(C(N)c2ccc3c(c2)CCC3)C1C. The Labute approximate surface area is 116 Å². The van der Waals surface area contributed by atoms with E-state index >= 15 is 0 Å². The number of fused-ring (bicyclic) bond motifs is 1. The molecule has 0 spiro atoms. The lowest BCUT2D eigenvalue weighted by molar-refractivity contribution is 0.0489. The minimum atomic E-state index is 0.0980. The third-order valence-corrected chi connectivity index (χ3v) is 5.24. The van der Waals surface area contributed by atoms with E-state index < -0.39 is 0 Å². The zero-order valence-electron chi connectivity index (χ0n) is 12.2. The van der Waals surface area contributed by atoms with Crippen molar-refractivity contribution in [2.24, 2.45) is 17.6 Å². The summed E-state index contributed by atoms with van der Waals surface area (Å²) in [6, 6.07) is 6.96. The van der Waals surface area contributed by atoms with E-state index in [-0.39, 0.29) is 12.1 Å². The Morgan fingerprint density at radius 1 is 1.11 bits per heavy atom. The van der Waals surface area contributed by atoms with Gasteiger partial charge < -0.3 is 10.5 Å². The number of ether oxygens (including phenoxy) is 1. The van der Waals surface area contributed by atoms with Crippen molar-refractivity contribution in [1.29, 1.82) is 0 Å². The molecule has 2 aliphatic rings. The first kappa shape index (κ1) is 13.1. The second kappa shape index (κ2) is 4.92. The third kappa shape index (κ3) is 2.21. The van der Waals surface area contributed by atoms with Crippen LogP contribution >= 0.6 is 0 Å². The minimum Gasteiger partial charge on any atom is -0.375 e. The summed E-state index contributed by atoms with van der Waals surface area (Å²) in [5.41, 5.74) is 10.9. The Hall–Kier alpha value is -0.860. The molecule has 0 aromatic heterocycles. The van der Waals surface area contributed by atoms with Crippen LogP contribution in [0.4, 0.5) is 0 Å². The Morgan fingerprint density at radius 2 is 1.84 bits per heavy atom. The first-order valence-electron chi connectivity index (χ1n) is 7.60. The number of aryl methyl sites for hydroxylation is 2. The molecule has 2 nitrogen and oxygen atoms in total. The first-order chi connectivity index (χ1) is 9.08. The molecule has 0 radical (unpaired) electrons. The quantitative estimate of drug-likeness (QED) is 0.885. The number of hydrogen-bond donors (Lipinski definition) is 1. The van der Waals surface area contributed by atoms with Gasteiger partial charge in [-0.25, -0.2) is 0 Å². The molecule has 2 heteroatoms. The van der Waals surface area contributed by atoms with Gasteiger partial charge in [0.1, 0.15) is 0 Å². The fraction of sp³-hybridized carbons (Fsp3) is 0.647. The molecule has 1 aliphatic heterocycles. The van der Waals surface area contributed by atoms with E-state index in [1.807, 2.05) is 0 Å². The molecule has 5 unspecified atom stereocenters. The number of rotatable bonds is 2. The van der Waals surface area contributed by atoms with Crippen molar-refractivity contribution < 1.29 is 4.74 Å². The molecule has 5 atom stereocenters. The monoisotopic (exact) mass is 259 g/mol. The molecule has 1 saturated heterocycles. The summed E-state index contributed by atoms with van der Waals surface area (Å²) in [6.07, 6.45) is 4.33. The van der Waals surface area contributed by atoms with Crippen LogP contribution in [-0.4, -0.2) is 12.2 Å². The van der Waals surface area contributed by atoms with E-state index in [2.05, 4.69) is 39.0 Å². The van der Waals surface area contributed by atoms with Gasteiger partial charge in [-0.3, -0.25) is 0 Å². The highest BCUT2D eigenvalue weighted by molar-refractivity contribution is 5.36. The van der Waals surface area contributed by atoms with Gasteiger partial charge in [0, 0.05) is 12.0 Å². The molecule has 1 heterocycles. The van der Waals surface area contributed by atoms with E-state index in [1.54, 1.807) is 0 Å². The van der Waals surface area contributed by atoms with Gasteiger partial charge in [0.2, 0.25) is 0 Å². The minimum absolute atomic E-state index is 0.0980. The molecule has 3 rings (SSSR count). The Kier molecular flexibility index (Phi) is 3.40. The lowest BCUT2D eigenvalue weighted by Gasteiger charge is -2.26. The average Bonchev–Trinajstić information content (AvgIpc) is 2.94. The van der Waals surface area contributed by atoms with Crippen LogP contribution in [0.1, 0.15) is 49.9 Å². The van der Waals surface area contributed by atoms with Crippen molar-refractivity contribution in [3.63, 3.8) is 0 Å². The van der Waals surface area contributed by atoms with Crippen LogP contribution in [0.15, 0.2) is 18.2 Å². The van der Waals surface area contributed by atoms with Crippen molar-refractivity contribution in [2.75, 3.05) is 0 Å². The summed E-state index contributed by atoms with van der Waals surface area (Å²) in [5.74, 6) is 0.952. The second-order valence-electron chi connectivity index (χ2n) is 6.39. The van der Waals surface area contributed by atoms with E-state index in [0.29, 0.717) is 17.9 Å². The molecule has 1 aromatic carbocycles. The molecule has 2 N–H and O–H groups in total. The predicted molar refractivity (Wildman–Crippen MR) is 78.1 cm³/mol. The highest BCUT2D eigenvalue weighted by Gasteiger charge is 2.40. The van der Waals surface area contributed by atoms with Gasteiger partial charge in [0.25, 0.3) is 0 Å². The standard InChI is InChI=1S/C17H25NO/c1-10-11(2)19-12(3)16(10)17(18)15-8-7-13-5-4-6-14(13)9-15/h7-12,16-17H,4-6,18H2,1-3H3. The molecular formula is C17H25NO. The Bertz CT molecular complexity index is 470. The maximum absolute atomic E-state index is 6.56. The molecule has 104 valence electrons. The van der Waals surface area contributed by atoms with Crippen molar-refractivity contribution >= 4 is 0 Å². The predicted octanol–water partition coefficient (Wildman–Crippen LogP) is 3.23. The topological polar surface area (TPSA) is 35.2 Å². The molecule has 0 saturated carbocycles. The largest absolute Gasteiger partial charge is 0.375 e. The molecule has 0 amide bonds.